The van der Waals surface area contributed by atoms with Crippen molar-refractivity contribution in [1.82, 2.24) is 9.55 Å². The Labute approximate surface area is 115 Å². The summed E-state index contributed by atoms with van der Waals surface area (Å²) >= 11 is 1.55. The predicted molar refractivity (Wildman–Crippen MR) is 73.7 cm³/mol. The topological polar surface area (TPSA) is 81.1 Å². The van der Waals surface area contributed by atoms with Crippen molar-refractivity contribution >= 4 is 17.7 Å². The van der Waals surface area contributed by atoms with Crippen LogP contribution in [-0.4, -0.2) is 20.6 Å². The third-order valence-corrected chi connectivity index (χ3v) is 3.90. The second kappa shape index (κ2) is 5.90. The van der Waals surface area contributed by atoms with Gasteiger partial charge in [0.15, 0.2) is 5.16 Å². The maximum Gasteiger partial charge on any atom is 0.248 e. The fraction of sp³-hybridized carbons (Fsp3) is 0.231. The third-order valence-electron chi connectivity index (χ3n) is 2.78. The molecule has 0 bridgehead atoms. The van der Waals surface area contributed by atoms with Crippen LogP contribution >= 0.6 is 11.8 Å². The van der Waals surface area contributed by atoms with Crippen molar-refractivity contribution in [2.24, 2.45) is 12.8 Å². The molecule has 6 heteroatoms. The first-order valence-electron chi connectivity index (χ1n) is 5.75. The first-order chi connectivity index (χ1) is 9.11. The van der Waals surface area contributed by atoms with Gasteiger partial charge in [0.25, 0.3) is 0 Å². The second-order valence-electron chi connectivity index (χ2n) is 4.10. The van der Waals surface area contributed by atoms with Gasteiger partial charge >= 0.3 is 0 Å². The number of carbonyl (C=O) groups is 1. The van der Waals surface area contributed by atoms with Crippen molar-refractivity contribution in [2.45, 2.75) is 17.5 Å². The lowest BCUT2D eigenvalue weighted by Crippen LogP contribution is -2.10. The fourth-order valence-electron chi connectivity index (χ4n) is 1.67. The molecule has 0 aliphatic carbocycles. The molecule has 5 nitrogen and oxygen atoms in total. The van der Waals surface area contributed by atoms with E-state index in [0.29, 0.717) is 11.3 Å². The Hall–Kier alpha value is -1.79. The summed E-state index contributed by atoms with van der Waals surface area (Å²) in [5, 5.41) is 9.92. The molecule has 0 spiro atoms. The first kappa shape index (κ1) is 13.6. The van der Waals surface area contributed by atoms with Crippen LogP contribution in [0.4, 0.5) is 0 Å². The highest BCUT2D eigenvalue weighted by molar-refractivity contribution is 7.98. The van der Waals surface area contributed by atoms with Gasteiger partial charge in [0.2, 0.25) is 5.91 Å². The SMILES string of the molecule is Cn1c(CO)cnc1SCc1cccc(C(N)=O)c1. The number of hydrogen-bond donors (Lipinski definition) is 2. The minimum absolute atomic E-state index is 0.0266. The van der Waals surface area contributed by atoms with E-state index < -0.39 is 5.91 Å². The normalized spacial score (nSPS) is 10.6. The summed E-state index contributed by atoms with van der Waals surface area (Å²) < 4.78 is 1.85. The number of hydrogen-bond acceptors (Lipinski definition) is 4. The summed E-state index contributed by atoms with van der Waals surface area (Å²) in [5.74, 6) is 0.267. The van der Waals surface area contributed by atoms with E-state index in [9.17, 15) is 4.79 Å². The molecule has 0 aliphatic rings. The molecule has 0 radical (unpaired) electrons. The molecule has 0 atom stereocenters. The van der Waals surface area contributed by atoms with Gasteiger partial charge in [-0.1, -0.05) is 23.9 Å². The van der Waals surface area contributed by atoms with E-state index in [4.69, 9.17) is 10.8 Å². The van der Waals surface area contributed by atoms with Gasteiger partial charge in [0, 0.05) is 18.4 Å². The summed E-state index contributed by atoms with van der Waals surface area (Å²) in [6.45, 7) is -0.0266. The highest BCUT2D eigenvalue weighted by Crippen LogP contribution is 2.22. The van der Waals surface area contributed by atoms with Crippen molar-refractivity contribution in [1.29, 1.82) is 0 Å². The molecule has 1 aromatic heterocycles. The number of nitrogens with zero attached hydrogens (tertiary/aromatic N) is 2. The monoisotopic (exact) mass is 277 g/mol. The van der Waals surface area contributed by atoms with E-state index in [1.165, 1.54) is 0 Å². The van der Waals surface area contributed by atoms with Crippen LogP contribution in [0, 0.1) is 0 Å². The molecule has 0 saturated carbocycles. The van der Waals surface area contributed by atoms with Crippen LogP contribution in [-0.2, 0) is 19.4 Å². The molecular formula is C13H15N3O2S. The molecule has 1 aromatic carbocycles. The average molecular weight is 277 g/mol. The van der Waals surface area contributed by atoms with Crippen LogP contribution in [0.5, 0.6) is 0 Å². The minimum atomic E-state index is -0.425. The van der Waals surface area contributed by atoms with Gasteiger partial charge in [0.1, 0.15) is 0 Å². The maximum absolute atomic E-state index is 11.1. The van der Waals surface area contributed by atoms with E-state index >= 15 is 0 Å². The highest BCUT2D eigenvalue weighted by atomic mass is 32.2. The van der Waals surface area contributed by atoms with E-state index in [1.54, 1.807) is 30.1 Å². The Morgan fingerprint density at radius 1 is 1.53 bits per heavy atom. The molecule has 0 unspecified atom stereocenters. The lowest BCUT2D eigenvalue weighted by atomic mass is 10.1. The molecule has 3 N–H and O–H groups in total. The van der Waals surface area contributed by atoms with Crippen LogP contribution in [0.1, 0.15) is 21.6 Å². The van der Waals surface area contributed by atoms with Crippen LogP contribution in [0.2, 0.25) is 0 Å². The molecular weight excluding hydrogens is 262 g/mol. The number of imidazole rings is 1. The zero-order valence-corrected chi connectivity index (χ0v) is 11.4. The van der Waals surface area contributed by atoms with Crippen molar-refractivity contribution < 1.29 is 9.90 Å². The lowest BCUT2D eigenvalue weighted by molar-refractivity contribution is 0.1000. The molecule has 0 aliphatic heterocycles. The van der Waals surface area contributed by atoms with Crippen molar-refractivity contribution in [3.8, 4) is 0 Å². The average Bonchev–Trinajstić information content (AvgIpc) is 2.77. The maximum atomic E-state index is 11.1. The number of aliphatic hydroxyl groups excluding tert-OH is 1. The molecule has 0 saturated heterocycles. The van der Waals surface area contributed by atoms with E-state index in [-0.39, 0.29) is 6.61 Å². The Morgan fingerprint density at radius 2 is 2.32 bits per heavy atom. The number of nitrogens with two attached hydrogens (primary N) is 1. The van der Waals surface area contributed by atoms with Gasteiger partial charge < -0.3 is 15.4 Å². The zero-order chi connectivity index (χ0) is 13.8. The summed E-state index contributed by atoms with van der Waals surface area (Å²) in [5.41, 5.74) is 7.53. The second-order valence-corrected chi connectivity index (χ2v) is 5.05. The Morgan fingerprint density at radius 3 is 2.95 bits per heavy atom. The fourth-order valence-corrected chi connectivity index (χ4v) is 2.58. The molecule has 2 rings (SSSR count). The van der Waals surface area contributed by atoms with Crippen LogP contribution < -0.4 is 5.73 Å². The molecule has 19 heavy (non-hydrogen) atoms. The number of thioether (sulfide) groups is 1. The number of aromatic nitrogens is 2. The van der Waals surface area contributed by atoms with Crippen molar-refractivity contribution in [2.75, 3.05) is 0 Å². The molecule has 1 heterocycles. The van der Waals surface area contributed by atoms with Gasteiger partial charge in [-0.15, -0.1) is 0 Å². The van der Waals surface area contributed by atoms with E-state index in [0.717, 1.165) is 16.4 Å². The summed E-state index contributed by atoms with van der Waals surface area (Å²) in [6, 6.07) is 7.23. The Bertz CT molecular complexity index is 595. The van der Waals surface area contributed by atoms with Crippen LogP contribution in [0.15, 0.2) is 35.6 Å². The largest absolute Gasteiger partial charge is 0.390 e. The zero-order valence-electron chi connectivity index (χ0n) is 10.5. The molecule has 0 fully saturated rings. The van der Waals surface area contributed by atoms with Gasteiger partial charge in [-0.2, -0.15) is 0 Å². The first-order valence-corrected chi connectivity index (χ1v) is 6.73. The Kier molecular flexibility index (Phi) is 4.24. The van der Waals surface area contributed by atoms with Crippen LogP contribution in [0.25, 0.3) is 0 Å². The minimum Gasteiger partial charge on any atom is -0.390 e. The van der Waals surface area contributed by atoms with Gasteiger partial charge in [-0.05, 0) is 17.7 Å². The predicted octanol–water partition coefficient (Wildman–Crippen LogP) is 1.30. The smallest absolute Gasteiger partial charge is 0.248 e. The number of benzene rings is 1. The van der Waals surface area contributed by atoms with Gasteiger partial charge in [-0.3, -0.25) is 4.79 Å². The highest BCUT2D eigenvalue weighted by Gasteiger charge is 2.07. The number of amides is 1. The van der Waals surface area contributed by atoms with E-state index in [1.807, 2.05) is 23.7 Å². The van der Waals surface area contributed by atoms with Crippen molar-refractivity contribution in [3.63, 3.8) is 0 Å². The van der Waals surface area contributed by atoms with Gasteiger partial charge in [-0.25, -0.2) is 4.98 Å². The molecule has 2 aromatic rings. The van der Waals surface area contributed by atoms with Gasteiger partial charge in [0.05, 0.1) is 18.5 Å². The number of carbonyl (C=O) groups excluding carboxylic acids is 1. The Balaban J connectivity index is 2.08. The standard InChI is InChI=1S/C13H15N3O2S/c1-16-11(7-17)6-15-13(16)19-8-9-3-2-4-10(5-9)12(14)18/h2-6,17H,7-8H2,1H3,(H2,14,18). The van der Waals surface area contributed by atoms with E-state index in [2.05, 4.69) is 4.98 Å². The summed E-state index contributed by atoms with van der Waals surface area (Å²) in [6.07, 6.45) is 1.65. The summed E-state index contributed by atoms with van der Waals surface area (Å²) in [4.78, 5) is 15.3. The number of rotatable bonds is 5. The quantitative estimate of drug-likeness (QED) is 0.807. The number of primary amides is 1. The number of aliphatic hydroxyl groups is 1. The summed E-state index contributed by atoms with van der Waals surface area (Å²) in [7, 11) is 1.86. The lowest BCUT2D eigenvalue weighted by Gasteiger charge is -2.05. The van der Waals surface area contributed by atoms with Crippen LogP contribution in [0.3, 0.4) is 0 Å². The molecule has 100 valence electrons. The molecule has 1 amide bonds. The third kappa shape index (κ3) is 3.15. The van der Waals surface area contributed by atoms with Crippen molar-refractivity contribution in [3.05, 3.63) is 47.3 Å².